The molecule has 0 atom stereocenters. The van der Waals surface area contributed by atoms with Crippen LogP contribution in [-0.2, 0) is 10.0 Å². The summed E-state index contributed by atoms with van der Waals surface area (Å²) in [6.07, 6.45) is 1.42. The Kier molecular flexibility index (Phi) is 5.50. The second-order valence-electron chi connectivity index (χ2n) is 6.41. The number of rotatable bonds is 5. The summed E-state index contributed by atoms with van der Waals surface area (Å²) in [6, 6.07) is 20.0. The third kappa shape index (κ3) is 4.17. The highest BCUT2D eigenvalue weighted by Gasteiger charge is 2.28. The van der Waals surface area contributed by atoms with Crippen molar-refractivity contribution in [2.75, 3.05) is 7.11 Å². The van der Waals surface area contributed by atoms with Gasteiger partial charge in [-0.3, -0.25) is 5.43 Å². The predicted molar refractivity (Wildman–Crippen MR) is 115 cm³/mol. The van der Waals surface area contributed by atoms with E-state index in [1.807, 2.05) is 0 Å². The topological polar surface area (TPSA) is 106 Å². The number of benzene rings is 3. The predicted octanol–water partition coefficient (Wildman–Crippen LogP) is 2.99. The summed E-state index contributed by atoms with van der Waals surface area (Å²) in [6.45, 7) is 0. The molecule has 1 heterocycles. The number of esters is 1. The van der Waals surface area contributed by atoms with Gasteiger partial charge in [0.15, 0.2) is 5.84 Å². The quantitative estimate of drug-likeness (QED) is 0.286. The van der Waals surface area contributed by atoms with Crippen molar-refractivity contribution in [1.29, 1.82) is 0 Å². The van der Waals surface area contributed by atoms with Crippen molar-refractivity contribution in [3.8, 4) is 11.5 Å². The largest absolute Gasteiger partial charge is 0.496 e. The number of fused-ring (bicyclic) bond motifs is 1. The van der Waals surface area contributed by atoms with Gasteiger partial charge in [0.25, 0.3) is 10.0 Å². The number of amidine groups is 1. The molecule has 3 aromatic rings. The molecule has 4 rings (SSSR count). The maximum atomic E-state index is 12.6. The molecule has 0 bridgehead atoms. The molecule has 8 nitrogen and oxygen atoms in total. The van der Waals surface area contributed by atoms with Gasteiger partial charge in [-0.25, -0.2) is 4.79 Å². The second kappa shape index (κ2) is 8.41. The lowest BCUT2D eigenvalue weighted by molar-refractivity contribution is 0.0731. The molecule has 1 aliphatic heterocycles. The van der Waals surface area contributed by atoms with Crippen molar-refractivity contribution in [2.24, 2.45) is 9.50 Å². The summed E-state index contributed by atoms with van der Waals surface area (Å²) in [4.78, 5) is 12.7. The van der Waals surface area contributed by atoms with E-state index < -0.39 is 16.0 Å². The van der Waals surface area contributed by atoms with Crippen molar-refractivity contribution in [3.63, 3.8) is 0 Å². The molecule has 0 amide bonds. The van der Waals surface area contributed by atoms with Gasteiger partial charge in [-0.1, -0.05) is 36.4 Å². The number of carbonyl (C=O) groups is 1. The normalized spacial score (nSPS) is 14.0. The Balaban J connectivity index is 1.54. The van der Waals surface area contributed by atoms with Crippen molar-refractivity contribution in [2.45, 2.75) is 4.90 Å². The summed E-state index contributed by atoms with van der Waals surface area (Å²) in [5, 5.41) is 4.08. The van der Waals surface area contributed by atoms with E-state index in [2.05, 4.69) is 14.9 Å². The Morgan fingerprint density at radius 1 is 0.968 bits per heavy atom. The fraction of sp³-hybridized carbons (Fsp3) is 0.0455. The zero-order chi connectivity index (χ0) is 21.8. The number of methoxy groups -OCH3 is 1. The minimum Gasteiger partial charge on any atom is -0.496 e. The van der Waals surface area contributed by atoms with Gasteiger partial charge >= 0.3 is 5.97 Å². The molecule has 0 spiro atoms. The standard InChI is InChI=1S/C22H17N3O5S/c1-29-19-12-6-3-9-16(19)22(26)30-18-11-5-2-8-15(18)14-23-24-21-17-10-4-7-13-20(17)31(27,28)25-21/h2-14H,1H3,(H,24,25)/b23-14+. The summed E-state index contributed by atoms with van der Waals surface area (Å²) in [7, 11) is -2.27. The summed E-state index contributed by atoms with van der Waals surface area (Å²) in [5.74, 6) is 0.228. The highest BCUT2D eigenvalue weighted by Crippen LogP contribution is 2.25. The Labute approximate surface area is 178 Å². The van der Waals surface area contributed by atoms with Crippen LogP contribution in [0, 0.1) is 0 Å². The fourth-order valence-corrected chi connectivity index (χ4v) is 4.17. The number of sulfonamides is 1. The van der Waals surface area contributed by atoms with Crippen LogP contribution in [0.1, 0.15) is 21.5 Å². The number of nitrogens with zero attached hydrogens (tertiary/aromatic N) is 2. The Bertz CT molecular complexity index is 1320. The molecule has 0 fully saturated rings. The Hall–Kier alpha value is -3.98. The summed E-state index contributed by atoms with van der Waals surface area (Å²) >= 11 is 0. The number of nitrogens with one attached hydrogen (secondary N) is 1. The van der Waals surface area contributed by atoms with Crippen LogP contribution in [0.5, 0.6) is 11.5 Å². The van der Waals surface area contributed by atoms with Crippen molar-refractivity contribution in [1.82, 2.24) is 5.43 Å². The summed E-state index contributed by atoms with van der Waals surface area (Å²) in [5.41, 5.74) is 3.89. The summed E-state index contributed by atoms with van der Waals surface area (Å²) < 4.78 is 38.7. The number of hydrazone groups is 1. The van der Waals surface area contributed by atoms with Crippen molar-refractivity contribution in [3.05, 3.63) is 89.5 Å². The highest BCUT2D eigenvalue weighted by molar-refractivity contribution is 7.90. The second-order valence-corrected chi connectivity index (χ2v) is 7.98. The Morgan fingerprint density at radius 2 is 1.65 bits per heavy atom. The van der Waals surface area contributed by atoms with E-state index >= 15 is 0 Å². The van der Waals surface area contributed by atoms with Crippen LogP contribution in [0.2, 0.25) is 0 Å². The lowest BCUT2D eigenvalue weighted by atomic mass is 10.2. The van der Waals surface area contributed by atoms with Gasteiger partial charge in [0.2, 0.25) is 0 Å². The molecule has 9 heteroatoms. The van der Waals surface area contributed by atoms with Gasteiger partial charge in [0, 0.05) is 11.1 Å². The van der Waals surface area contributed by atoms with Crippen molar-refractivity contribution < 1.29 is 22.7 Å². The van der Waals surface area contributed by atoms with Gasteiger partial charge in [-0.2, -0.15) is 13.5 Å². The van der Waals surface area contributed by atoms with E-state index in [0.29, 0.717) is 16.9 Å². The van der Waals surface area contributed by atoms with Gasteiger partial charge in [-0.05, 0) is 36.4 Å². The van der Waals surface area contributed by atoms with E-state index in [4.69, 9.17) is 9.47 Å². The molecule has 0 unspecified atom stereocenters. The van der Waals surface area contributed by atoms with E-state index in [1.54, 1.807) is 66.7 Å². The molecule has 0 radical (unpaired) electrons. The smallest absolute Gasteiger partial charge is 0.347 e. The molecule has 31 heavy (non-hydrogen) atoms. The molecular weight excluding hydrogens is 418 g/mol. The molecule has 0 aliphatic carbocycles. The average Bonchev–Trinajstić information content (AvgIpc) is 3.05. The number of para-hydroxylation sites is 2. The van der Waals surface area contributed by atoms with E-state index in [-0.39, 0.29) is 22.0 Å². The van der Waals surface area contributed by atoms with Crippen LogP contribution in [0.25, 0.3) is 0 Å². The molecule has 1 aliphatic rings. The SMILES string of the molecule is COc1ccccc1C(=O)Oc1ccccc1/C=N/NC1=NS(=O)(=O)c2ccccc21. The zero-order valence-corrected chi connectivity index (χ0v) is 17.2. The van der Waals surface area contributed by atoms with E-state index in [0.717, 1.165) is 0 Å². The third-order valence-electron chi connectivity index (χ3n) is 4.45. The first-order valence-electron chi connectivity index (χ1n) is 9.17. The van der Waals surface area contributed by atoms with Crippen LogP contribution in [0.3, 0.4) is 0 Å². The van der Waals surface area contributed by atoms with Crippen LogP contribution in [0.4, 0.5) is 0 Å². The van der Waals surface area contributed by atoms with Crippen LogP contribution in [0.15, 0.2) is 87.2 Å². The van der Waals surface area contributed by atoms with Crippen LogP contribution in [-0.4, -0.2) is 33.5 Å². The molecule has 3 aromatic carbocycles. The van der Waals surface area contributed by atoms with Gasteiger partial charge in [-0.15, -0.1) is 4.40 Å². The van der Waals surface area contributed by atoms with E-state index in [9.17, 15) is 13.2 Å². The number of carbonyl (C=O) groups excluding carboxylic acids is 1. The first-order valence-corrected chi connectivity index (χ1v) is 10.6. The van der Waals surface area contributed by atoms with Crippen molar-refractivity contribution >= 4 is 28.0 Å². The lowest BCUT2D eigenvalue weighted by Crippen LogP contribution is -2.17. The van der Waals surface area contributed by atoms with Crippen LogP contribution >= 0.6 is 0 Å². The number of hydrogen-bond acceptors (Lipinski definition) is 7. The monoisotopic (exact) mass is 435 g/mol. The highest BCUT2D eigenvalue weighted by atomic mass is 32.2. The molecule has 0 saturated carbocycles. The molecular formula is C22H17N3O5S. The zero-order valence-electron chi connectivity index (χ0n) is 16.3. The lowest BCUT2D eigenvalue weighted by Gasteiger charge is -2.10. The van der Waals surface area contributed by atoms with Gasteiger partial charge in [0.05, 0.1) is 13.3 Å². The third-order valence-corrected chi connectivity index (χ3v) is 5.79. The molecule has 0 saturated heterocycles. The van der Waals surface area contributed by atoms with Crippen LogP contribution < -0.4 is 14.9 Å². The fourth-order valence-electron chi connectivity index (χ4n) is 3.00. The minimum absolute atomic E-state index is 0.121. The maximum Gasteiger partial charge on any atom is 0.347 e. The molecule has 1 N–H and O–H groups in total. The van der Waals surface area contributed by atoms with Gasteiger partial charge in [0.1, 0.15) is 22.0 Å². The minimum atomic E-state index is -3.74. The van der Waals surface area contributed by atoms with E-state index in [1.165, 1.54) is 19.4 Å². The first kappa shape index (κ1) is 20.3. The number of hydrogen-bond donors (Lipinski definition) is 1. The van der Waals surface area contributed by atoms with Gasteiger partial charge < -0.3 is 9.47 Å². The maximum absolute atomic E-state index is 12.6. The molecule has 156 valence electrons. The average molecular weight is 435 g/mol. The first-order chi connectivity index (χ1) is 15.0. The Morgan fingerprint density at radius 3 is 2.45 bits per heavy atom. The molecule has 0 aromatic heterocycles. The number of ether oxygens (including phenoxy) is 2.